The summed E-state index contributed by atoms with van der Waals surface area (Å²) in [5.41, 5.74) is 0.499. The maximum atomic E-state index is 11.9. The zero-order chi connectivity index (χ0) is 14.4. The van der Waals surface area contributed by atoms with Gasteiger partial charge in [-0.1, -0.05) is 13.8 Å². The molecule has 0 aliphatic rings. The fourth-order valence-corrected chi connectivity index (χ4v) is 1.49. The number of nitrogens with zero attached hydrogens (tertiary/aromatic N) is 2. The van der Waals surface area contributed by atoms with E-state index in [4.69, 9.17) is 9.84 Å². The lowest BCUT2D eigenvalue weighted by Gasteiger charge is -2.10. The Morgan fingerprint density at radius 3 is 2.68 bits per heavy atom. The lowest BCUT2D eigenvalue weighted by Crippen LogP contribution is -2.13. The highest BCUT2D eigenvalue weighted by atomic mass is 19.3. The number of carbonyl (C=O) groups is 1. The van der Waals surface area contributed by atoms with E-state index < -0.39 is 19.0 Å². The van der Waals surface area contributed by atoms with E-state index in [0.29, 0.717) is 11.5 Å². The van der Waals surface area contributed by atoms with E-state index in [-0.39, 0.29) is 24.5 Å². The Balaban J connectivity index is 2.70. The van der Waals surface area contributed by atoms with Gasteiger partial charge in [0.05, 0.1) is 17.9 Å². The summed E-state index contributed by atoms with van der Waals surface area (Å²) in [7, 11) is 0. The van der Waals surface area contributed by atoms with E-state index in [2.05, 4.69) is 9.97 Å². The van der Waals surface area contributed by atoms with E-state index in [1.165, 1.54) is 6.20 Å². The lowest BCUT2D eigenvalue weighted by molar-refractivity contribution is 0.0182. The molecule has 0 aliphatic carbocycles. The number of alkyl halides is 2. The smallest absolute Gasteiger partial charge is 0.339 e. The van der Waals surface area contributed by atoms with Crippen molar-refractivity contribution in [3.8, 4) is 0 Å². The molecule has 1 aromatic heterocycles. The third-order valence-corrected chi connectivity index (χ3v) is 2.36. The number of carboxylic acids is 1. The van der Waals surface area contributed by atoms with Crippen LogP contribution in [-0.4, -0.2) is 40.7 Å². The Morgan fingerprint density at radius 1 is 1.47 bits per heavy atom. The van der Waals surface area contributed by atoms with Crippen molar-refractivity contribution in [2.24, 2.45) is 0 Å². The van der Waals surface area contributed by atoms with Crippen LogP contribution in [-0.2, 0) is 11.2 Å². The minimum Gasteiger partial charge on any atom is -0.478 e. The topological polar surface area (TPSA) is 72.3 Å². The molecule has 0 aromatic carbocycles. The van der Waals surface area contributed by atoms with Gasteiger partial charge in [0.15, 0.2) is 0 Å². The number of ether oxygens (including phenoxy) is 1. The van der Waals surface area contributed by atoms with E-state index in [9.17, 15) is 13.6 Å². The van der Waals surface area contributed by atoms with Crippen LogP contribution in [0.25, 0.3) is 0 Å². The minimum atomic E-state index is -2.50. The monoisotopic (exact) mass is 274 g/mol. The zero-order valence-electron chi connectivity index (χ0n) is 10.8. The van der Waals surface area contributed by atoms with Crippen LogP contribution in [0.3, 0.4) is 0 Å². The Kier molecular flexibility index (Phi) is 5.75. The molecule has 0 saturated carbocycles. The lowest BCUT2D eigenvalue weighted by atomic mass is 10.1. The van der Waals surface area contributed by atoms with Crippen molar-refractivity contribution in [1.82, 2.24) is 9.97 Å². The molecule has 1 heterocycles. The van der Waals surface area contributed by atoms with Crippen molar-refractivity contribution in [2.45, 2.75) is 32.6 Å². The molecule has 0 fully saturated rings. The molecular weight excluding hydrogens is 258 g/mol. The largest absolute Gasteiger partial charge is 0.478 e. The fraction of sp³-hybridized carbons (Fsp3) is 0.583. The molecule has 7 heteroatoms. The number of halogens is 2. The van der Waals surface area contributed by atoms with E-state index in [0.717, 1.165) is 0 Å². The summed E-state index contributed by atoms with van der Waals surface area (Å²) in [6, 6.07) is 0. The summed E-state index contributed by atoms with van der Waals surface area (Å²) in [6.07, 6.45) is -0.985. The second kappa shape index (κ2) is 7.08. The highest BCUT2D eigenvalue weighted by Gasteiger charge is 2.16. The molecule has 0 aliphatic heterocycles. The van der Waals surface area contributed by atoms with Gasteiger partial charge in [0, 0.05) is 12.6 Å². The van der Waals surface area contributed by atoms with Crippen molar-refractivity contribution in [1.29, 1.82) is 0 Å². The van der Waals surface area contributed by atoms with Crippen LogP contribution in [0.5, 0.6) is 0 Å². The Morgan fingerprint density at radius 2 is 2.16 bits per heavy atom. The first-order chi connectivity index (χ1) is 8.91. The normalized spacial score (nSPS) is 11.3. The molecule has 0 spiro atoms. The third-order valence-electron chi connectivity index (χ3n) is 2.36. The van der Waals surface area contributed by atoms with Crippen LogP contribution in [0.15, 0.2) is 6.20 Å². The predicted octanol–water partition coefficient (Wildman–Crippen LogP) is 2.12. The van der Waals surface area contributed by atoms with Gasteiger partial charge >= 0.3 is 5.97 Å². The number of aromatic nitrogens is 2. The Hall–Kier alpha value is -1.63. The van der Waals surface area contributed by atoms with Crippen LogP contribution in [0.4, 0.5) is 8.78 Å². The average molecular weight is 274 g/mol. The van der Waals surface area contributed by atoms with Crippen molar-refractivity contribution in [3.05, 3.63) is 23.3 Å². The summed E-state index contributed by atoms with van der Waals surface area (Å²) >= 11 is 0. The minimum absolute atomic E-state index is 0.0603. The first-order valence-corrected chi connectivity index (χ1v) is 5.86. The van der Waals surface area contributed by atoms with Gasteiger partial charge in [0.25, 0.3) is 6.43 Å². The van der Waals surface area contributed by atoms with Gasteiger partial charge < -0.3 is 9.84 Å². The van der Waals surface area contributed by atoms with Gasteiger partial charge in [-0.3, -0.25) is 0 Å². The maximum absolute atomic E-state index is 11.9. The molecule has 0 radical (unpaired) electrons. The number of carboxylic acid groups (broad SMARTS) is 1. The van der Waals surface area contributed by atoms with Crippen LogP contribution >= 0.6 is 0 Å². The predicted molar refractivity (Wildman–Crippen MR) is 63.6 cm³/mol. The molecule has 1 aromatic rings. The number of rotatable bonds is 7. The standard InChI is InChI=1S/C12H16F2N2O3/c1-7(2)11-8(12(17)18)5-15-10(16-11)3-4-19-6-9(13)14/h5,7,9H,3-4,6H2,1-2H3,(H,17,18). The zero-order valence-corrected chi connectivity index (χ0v) is 10.8. The first kappa shape index (κ1) is 15.4. The van der Waals surface area contributed by atoms with Gasteiger partial charge in [-0.2, -0.15) is 0 Å². The molecule has 106 valence electrons. The fourth-order valence-electron chi connectivity index (χ4n) is 1.49. The summed E-state index contributed by atoms with van der Waals surface area (Å²) in [5.74, 6) is -0.748. The summed E-state index contributed by atoms with van der Waals surface area (Å²) < 4.78 is 28.4. The third kappa shape index (κ3) is 4.86. The second-order valence-corrected chi connectivity index (χ2v) is 4.26. The maximum Gasteiger partial charge on any atom is 0.339 e. The van der Waals surface area contributed by atoms with Crippen LogP contribution in [0, 0.1) is 0 Å². The first-order valence-electron chi connectivity index (χ1n) is 5.86. The Labute approximate surface area is 109 Å². The molecule has 0 atom stereocenters. The number of hydrogen-bond donors (Lipinski definition) is 1. The summed E-state index contributed by atoms with van der Waals surface area (Å²) in [5, 5.41) is 8.99. The number of hydrogen-bond acceptors (Lipinski definition) is 4. The van der Waals surface area contributed by atoms with Crippen LogP contribution in [0.1, 0.15) is 41.6 Å². The van der Waals surface area contributed by atoms with Crippen molar-refractivity contribution in [2.75, 3.05) is 13.2 Å². The molecule has 0 bridgehead atoms. The highest BCUT2D eigenvalue weighted by molar-refractivity contribution is 5.88. The second-order valence-electron chi connectivity index (χ2n) is 4.26. The van der Waals surface area contributed by atoms with Crippen molar-refractivity contribution in [3.63, 3.8) is 0 Å². The van der Waals surface area contributed by atoms with Crippen molar-refractivity contribution < 1.29 is 23.4 Å². The highest BCUT2D eigenvalue weighted by Crippen LogP contribution is 2.16. The molecule has 5 nitrogen and oxygen atoms in total. The molecule has 1 rings (SSSR count). The molecule has 19 heavy (non-hydrogen) atoms. The molecule has 1 N–H and O–H groups in total. The van der Waals surface area contributed by atoms with Gasteiger partial charge in [0.1, 0.15) is 12.4 Å². The van der Waals surface area contributed by atoms with Crippen molar-refractivity contribution >= 4 is 5.97 Å². The SMILES string of the molecule is CC(C)c1nc(CCOCC(F)F)ncc1C(=O)O. The quantitative estimate of drug-likeness (QED) is 0.771. The molecule has 0 unspecified atom stereocenters. The van der Waals surface area contributed by atoms with Crippen LogP contribution < -0.4 is 0 Å². The van der Waals surface area contributed by atoms with Crippen LogP contribution in [0.2, 0.25) is 0 Å². The summed E-state index contributed by atoms with van der Waals surface area (Å²) in [6.45, 7) is 3.11. The van der Waals surface area contributed by atoms with E-state index in [1.807, 2.05) is 13.8 Å². The molecule has 0 saturated heterocycles. The molecular formula is C12H16F2N2O3. The average Bonchev–Trinajstić information content (AvgIpc) is 2.33. The van der Waals surface area contributed by atoms with Gasteiger partial charge in [0.2, 0.25) is 0 Å². The molecule has 0 amide bonds. The van der Waals surface area contributed by atoms with Gasteiger partial charge in [-0.25, -0.2) is 23.5 Å². The van der Waals surface area contributed by atoms with E-state index >= 15 is 0 Å². The summed E-state index contributed by atoms with van der Waals surface area (Å²) in [4.78, 5) is 19.0. The Bertz CT molecular complexity index is 439. The van der Waals surface area contributed by atoms with Gasteiger partial charge in [-0.05, 0) is 5.92 Å². The number of aromatic carboxylic acids is 1. The van der Waals surface area contributed by atoms with E-state index in [1.54, 1.807) is 0 Å². The van der Waals surface area contributed by atoms with Gasteiger partial charge in [-0.15, -0.1) is 0 Å².